The standard InChI is InChI=1S/C19H24BrN3O/c1-14(19(24)21-17-9-7-16(20)8-10-17)23(4)13-15-5-11-18(12-6-15)22(2)3/h5-12,14H,13H2,1-4H3,(H,21,24)/t14-/m0/s1. The van der Waals surface area contributed by atoms with E-state index < -0.39 is 0 Å². The van der Waals surface area contributed by atoms with Gasteiger partial charge in [-0.3, -0.25) is 9.69 Å². The molecule has 0 aliphatic rings. The third-order valence-corrected chi connectivity index (χ3v) is 4.57. The molecule has 2 aromatic rings. The van der Waals surface area contributed by atoms with Crippen LogP contribution in [0.15, 0.2) is 53.0 Å². The summed E-state index contributed by atoms with van der Waals surface area (Å²) in [6.45, 7) is 2.64. The SMILES string of the molecule is C[C@@H](C(=O)Nc1ccc(Br)cc1)N(C)Cc1ccc(N(C)C)cc1. The predicted molar refractivity (Wildman–Crippen MR) is 104 cm³/mol. The molecule has 4 nitrogen and oxygen atoms in total. The van der Waals surface area contributed by atoms with Gasteiger partial charge in [0.1, 0.15) is 0 Å². The first-order valence-electron chi connectivity index (χ1n) is 7.90. The second-order valence-electron chi connectivity index (χ2n) is 6.15. The van der Waals surface area contributed by atoms with Crippen molar-refractivity contribution in [1.82, 2.24) is 4.90 Å². The lowest BCUT2D eigenvalue weighted by Gasteiger charge is -2.24. The van der Waals surface area contributed by atoms with Gasteiger partial charge in [-0.1, -0.05) is 28.1 Å². The van der Waals surface area contributed by atoms with Crippen molar-refractivity contribution < 1.29 is 4.79 Å². The summed E-state index contributed by atoms with van der Waals surface area (Å²) in [6.07, 6.45) is 0. The first-order valence-corrected chi connectivity index (χ1v) is 8.69. The highest BCUT2D eigenvalue weighted by Gasteiger charge is 2.18. The van der Waals surface area contributed by atoms with Gasteiger partial charge in [0.05, 0.1) is 6.04 Å². The Balaban J connectivity index is 1.94. The van der Waals surface area contributed by atoms with Crippen LogP contribution in [0.1, 0.15) is 12.5 Å². The van der Waals surface area contributed by atoms with Gasteiger partial charge < -0.3 is 10.2 Å². The molecule has 2 aromatic carbocycles. The molecule has 0 bridgehead atoms. The first-order chi connectivity index (χ1) is 11.4. The van der Waals surface area contributed by atoms with Crippen molar-refractivity contribution in [2.24, 2.45) is 0 Å². The molecule has 0 aliphatic heterocycles. The van der Waals surface area contributed by atoms with Crippen LogP contribution in [0.25, 0.3) is 0 Å². The third kappa shape index (κ3) is 5.08. The highest BCUT2D eigenvalue weighted by Crippen LogP contribution is 2.16. The van der Waals surface area contributed by atoms with Crippen LogP contribution < -0.4 is 10.2 Å². The maximum atomic E-state index is 12.4. The third-order valence-electron chi connectivity index (χ3n) is 4.04. The molecular weight excluding hydrogens is 366 g/mol. The molecule has 0 aliphatic carbocycles. The molecule has 0 aromatic heterocycles. The molecule has 0 radical (unpaired) electrons. The highest BCUT2D eigenvalue weighted by molar-refractivity contribution is 9.10. The lowest BCUT2D eigenvalue weighted by molar-refractivity contribution is -0.120. The molecule has 5 heteroatoms. The number of nitrogens with zero attached hydrogens (tertiary/aromatic N) is 2. The lowest BCUT2D eigenvalue weighted by Crippen LogP contribution is -2.39. The Hall–Kier alpha value is -1.85. The number of nitrogens with one attached hydrogen (secondary N) is 1. The first kappa shape index (κ1) is 18.5. The van der Waals surface area contributed by atoms with E-state index >= 15 is 0 Å². The van der Waals surface area contributed by atoms with Crippen molar-refractivity contribution in [2.75, 3.05) is 31.4 Å². The average Bonchev–Trinajstić information content (AvgIpc) is 2.56. The minimum atomic E-state index is -0.220. The number of carbonyl (C=O) groups is 1. The molecule has 0 fully saturated rings. The van der Waals surface area contributed by atoms with Crippen molar-refractivity contribution in [1.29, 1.82) is 0 Å². The summed E-state index contributed by atoms with van der Waals surface area (Å²) in [7, 11) is 6.01. The van der Waals surface area contributed by atoms with Crippen LogP contribution >= 0.6 is 15.9 Å². The van der Waals surface area contributed by atoms with Gasteiger partial charge >= 0.3 is 0 Å². The summed E-state index contributed by atoms with van der Waals surface area (Å²) in [5.41, 5.74) is 3.16. The number of likely N-dealkylation sites (N-methyl/N-ethyl adjacent to an activating group) is 1. The van der Waals surface area contributed by atoms with Gasteiger partial charge in [0, 0.05) is 36.5 Å². The normalized spacial score (nSPS) is 12.1. The zero-order valence-corrected chi connectivity index (χ0v) is 16.2. The van der Waals surface area contributed by atoms with Crippen molar-refractivity contribution in [2.45, 2.75) is 19.5 Å². The summed E-state index contributed by atoms with van der Waals surface area (Å²) < 4.78 is 0.992. The van der Waals surface area contributed by atoms with E-state index in [1.54, 1.807) is 0 Å². The second-order valence-corrected chi connectivity index (χ2v) is 7.06. The fraction of sp³-hybridized carbons (Fsp3) is 0.316. The second kappa shape index (κ2) is 8.31. The van der Waals surface area contributed by atoms with E-state index in [1.165, 1.54) is 11.3 Å². The monoisotopic (exact) mass is 389 g/mol. The largest absolute Gasteiger partial charge is 0.378 e. The summed E-state index contributed by atoms with van der Waals surface area (Å²) in [6, 6.07) is 15.8. The quantitative estimate of drug-likeness (QED) is 0.811. The van der Waals surface area contributed by atoms with E-state index in [2.05, 4.69) is 50.4 Å². The number of benzene rings is 2. The predicted octanol–water partition coefficient (Wildman–Crippen LogP) is 3.97. The van der Waals surface area contributed by atoms with Crippen molar-refractivity contribution >= 4 is 33.2 Å². The van der Waals surface area contributed by atoms with Crippen LogP contribution in [0, 0.1) is 0 Å². The van der Waals surface area contributed by atoms with E-state index in [0.29, 0.717) is 0 Å². The van der Waals surface area contributed by atoms with Crippen LogP contribution in [-0.4, -0.2) is 38.0 Å². The van der Waals surface area contributed by atoms with Gasteiger partial charge in [0.25, 0.3) is 0 Å². The Labute approximate surface area is 152 Å². The summed E-state index contributed by atoms with van der Waals surface area (Å²) in [5, 5.41) is 2.95. The maximum Gasteiger partial charge on any atom is 0.241 e. The van der Waals surface area contributed by atoms with E-state index in [-0.39, 0.29) is 11.9 Å². The smallest absolute Gasteiger partial charge is 0.241 e. The minimum Gasteiger partial charge on any atom is -0.378 e. The molecule has 1 atom stereocenters. The molecule has 0 spiro atoms. The van der Waals surface area contributed by atoms with Gasteiger partial charge in [-0.15, -0.1) is 0 Å². The molecule has 0 saturated carbocycles. The van der Waals surface area contributed by atoms with Crippen LogP contribution in [0.3, 0.4) is 0 Å². The van der Waals surface area contributed by atoms with Crippen LogP contribution in [-0.2, 0) is 11.3 Å². The molecule has 0 saturated heterocycles. The van der Waals surface area contributed by atoms with Gasteiger partial charge in [-0.25, -0.2) is 0 Å². The van der Waals surface area contributed by atoms with Crippen LogP contribution in [0.4, 0.5) is 11.4 Å². The van der Waals surface area contributed by atoms with E-state index in [0.717, 1.165) is 16.7 Å². The molecule has 2 rings (SSSR count). The summed E-state index contributed by atoms with van der Waals surface area (Å²) >= 11 is 3.39. The molecule has 1 N–H and O–H groups in total. The Morgan fingerprint density at radius 3 is 2.17 bits per heavy atom. The molecule has 1 amide bonds. The topological polar surface area (TPSA) is 35.6 Å². The van der Waals surface area contributed by atoms with Crippen molar-refractivity contribution in [3.05, 3.63) is 58.6 Å². The summed E-state index contributed by atoms with van der Waals surface area (Å²) in [4.78, 5) is 16.5. The summed E-state index contributed by atoms with van der Waals surface area (Å²) in [5.74, 6) is -0.00951. The van der Waals surface area contributed by atoms with Crippen molar-refractivity contribution in [3.8, 4) is 0 Å². The Morgan fingerprint density at radius 2 is 1.62 bits per heavy atom. The number of anilines is 2. The fourth-order valence-corrected chi connectivity index (χ4v) is 2.57. The van der Waals surface area contributed by atoms with Gasteiger partial charge in [0.15, 0.2) is 0 Å². The van der Waals surface area contributed by atoms with Crippen LogP contribution in [0.5, 0.6) is 0 Å². The number of hydrogen-bond donors (Lipinski definition) is 1. The number of amides is 1. The average molecular weight is 390 g/mol. The van der Waals surface area contributed by atoms with E-state index in [4.69, 9.17) is 0 Å². The lowest BCUT2D eigenvalue weighted by atomic mass is 10.1. The maximum absolute atomic E-state index is 12.4. The highest BCUT2D eigenvalue weighted by atomic mass is 79.9. The Kier molecular flexibility index (Phi) is 6.40. The number of rotatable bonds is 6. The molecule has 0 heterocycles. The number of halogens is 1. The zero-order valence-electron chi connectivity index (χ0n) is 14.6. The van der Waals surface area contributed by atoms with Crippen molar-refractivity contribution in [3.63, 3.8) is 0 Å². The van der Waals surface area contributed by atoms with Gasteiger partial charge in [-0.05, 0) is 55.9 Å². The zero-order chi connectivity index (χ0) is 17.7. The molecule has 24 heavy (non-hydrogen) atoms. The Morgan fingerprint density at radius 1 is 1.04 bits per heavy atom. The Bertz CT molecular complexity index is 668. The molecule has 0 unspecified atom stereocenters. The number of hydrogen-bond acceptors (Lipinski definition) is 3. The van der Waals surface area contributed by atoms with Crippen LogP contribution in [0.2, 0.25) is 0 Å². The molecule has 128 valence electrons. The number of carbonyl (C=O) groups excluding carboxylic acids is 1. The van der Waals surface area contributed by atoms with E-state index in [9.17, 15) is 4.79 Å². The fourth-order valence-electron chi connectivity index (χ4n) is 2.30. The molecular formula is C19H24BrN3O. The van der Waals surface area contributed by atoms with Gasteiger partial charge in [-0.2, -0.15) is 0 Å². The van der Waals surface area contributed by atoms with E-state index in [1.807, 2.05) is 57.2 Å². The van der Waals surface area contributed by atoms with Gasteiger partial charge in [0.2, 0.25) is 5.91 Å². The minimum absolute atomic E-state index is 0.00951.